The van der Waals surface area contributed by atoms with Crippen LogP contribution < -0.4 is 0 Å². The Bertz CT molecular complexity index is 648. The molecule has 45 heavy (non-hydrogen) atoms. The van der Waals surface area contributed by atoms with Crippen molar-refractivity contribution < 1.29 is 24.5 Å². The molecule has 0 aromatic rings. The predicted molar refractivity (Wildman–Crippen MR) is 190 cm³/mol. The molecular weight excluding hydrogens is 562 g/mol. The van der Waals surface area contributed by atoms with Gasteiger partial charge in [0.25, 0.3) is 0 Å². The molecule has 268 valence electrons. The quantitative estimate of drug-likeness (QED) is 0.0581. The first-order valence-corrected chi connectivity index (χ1v) is 19.8. The lowest BCUT2D eigenvalue weighted by Gasteiger charge is -2.30. The molecule has 1 aliphatic heterocycles. The molecule has 0 amide bonds. The number of aliphatic hydroxyl groups excluding tert-OH is 2. The molecule has 6 atom stereocenters. The fraction of sp³-hybridized carbons (Fsp3) is 0.974. The van der Waals surface area contributed by atoms with Crippen molar-refractivity contribution in [3.63, 3.8) is 0 Å². The molecule has 1 aliphatic rings. The zero-order valence-electron chi connectivity index (χ0n) is 30.6. The summed E-state index contributed by atoms with van der Waals surface area (Å²) in [7, 11) is 0. The number of rotatable bonds is 31. The number of hydrogen-bond acceptors (Lipinski definition) is 6. The number of carbonyl (C=O) groups excluding carboxylic acids is 1. The maximum atomic E-state index is 12.9. The van der Waals surface area contributed by atoms with Gasteiger partial charge in [0.2, 0.25) is 0 Å². The van der Waals surface area contributed by atoms with Crippen molar-refractivity contribution in [3.05, 3.63) is 0 Å². The number of esters is 1. The Kier molecular flexibility index (Phi) is 26.7. The van der Waals surface area contributed by atoms with Gasteiger partial charge in [0.1, 0.15) is 6.10 Å². The fourth-order valence-electron chi connectivity index (χ4n) is 7.04. The highest BCUT2D eigenvalue weighted by Gasteiger charge is 2.38. The van der Waals surface area contributed by atoms with E-state index >= 15 is 0 Å². The summed E-state index contributed by atoms with van der Waals surface area (Å²) in [5.74, 6) is 0.862. The highest BCUT2D eigenvalue weighted by atomic mass is 16.6. The van der Waals surface area contributed by atoms with Crippen LogP contribution >= 0.6 is 0 Å². The Balaban J connectivity index is 2.51. The molecule has 0 saturated carbocycles. The van der Waals surface area contributed by atoms with Crippen LogP contribution in [0.5, 0.6) is 0 Å². The van der Waals surface area contributed by atoms with Crippen LogP contribution in [0.2, 0.25) is 0 Å². The molecule has 0 radical (unpaired) electrons. The van der Waals surface area contributed by atoms with Crippen molar-refractivity contribution in [2.75, 3.05) is 26.2 Å². The van der Waals surface area contributed by atoms with Gasteiger partial charge in [0, 0.05) is 26.1 Å². The van der Waals surface area contributed by atoms with E-state index in [2.05, 4.69) is 39.5 Å². The summed E-state index contributed by atoms with van der Waals surface area (Å²) >= 11 is 0. The minimum atomic E-state index is -0.395. The van der Waals surface area contributed by atoms with E-state index in [0.717, 1.165) is 51.6 Å². The van der Waals surface area contributed by atoms with Gasteiger partial charge in [-0.2, -0.15) is 0 Å². The third-order valence-electron chi connectivity index (χ3n) is 10.2. The molecule has 0 aliphatic carbocycles. The minimum absolute atomic E-state index is 0.00312. The lowest BCUT2D eigenvalue weighted by atomic mass is 9.83. The van der Waals surface area contributed by atoms with Gasteiger partial charge in [-0.15, -0.1) is 0 Å². The van der Waals surface area contributed by atoms with Crippen LogP contribution in [0.15, 0.2) is 0 Å². The van der Waals surface area contributed by atoms with E-state index < -0.39 is 12.2 Å². The minimum Gasteiger partial charge on any atom is -0.460 e. The lowest BCUT2D eigenvalue weighted by molar-refractivity contribution is -0.158. The van der Waals surface area contributed by atoms with Crippen molar-refractivity contribution in [2.24, 2.45) is 11.8 Å². The van der Waals surface area contributed by atoms with Crippen molar-refractivity contribution in [1.29, 1.82) is 0 Å². The molecule has 1 rings (SSSR count). The van der Waals surface area contributed by atoms with Crippen LogP contribution in [-0.2, 0) is 14.3 Å². The molecule has 2 N–H and O–H groups in total. The number of hydrogen-bond donors (Lipinski definition) is 2. The van der Waals surface area contributed by atoms with E-state index in [-0.39, 0.29) is 18.2 Å². The third-order valence-corrected chi connectivity index (χ3v) is 10.2. The van der Waals surface area contributed by atoms with Gasteiger partial charge in [0.05, 0.1) is 18.3 Å². The summed E-state index contributed by atoms with van der Waals surface area (Å²) in [5.41, 5.74) is 0. The van der Waals surface area contributed by atoms with E-state index in [0.29, 0.717) is 44.3 Å². The zero-order valence-corrected chi connectivity index (χ0v) is 30.6. The van der Waals surface area contributed by atoms with E-state index in [4.69, 9.17) is 9.47 Å². The molecule has 0 aromatic heterocycles. The molecule has 6 heteroatoms. The second-order valence-electron chi connectivity index (χ2n) is 14.3. The number of ether oxygens (including phenoxy) is 2. The smallest absolute Gasteiger partial charge is 0.306 e. The Morgan fingerprint density at radius 2 is 1.22 bits per heavy atom. The van der Waals surface area contributed by atoms with Gasteiger partial charge in [0.15, 0.2) is 0 Å². The Morgan fingerprint density at radius 3 is 1.69 bits per heavy atom. The summed E-state index contributed by atoms with van der Waals surface area (Å²) in [6, 6.07) is 0. The first kappa shape index (κ1) is 42.3. The molecule has 0 bridgehead atoms. The third kappa shape index (κ3) is 21.0. The average molecular weight is 640 g/mol. The van der Waals surface area contributed by atoms with Gasteiger partial charge < -0.3 is 19.7 Å². The van der Waals surface area contributed by atoms with Crippen molar-refractivity contribution >= 4 is 5.97 Å². The number of unbranched alkanes of at least 4 members (excludes halogenated alkanes) is 14. The number of carbonyl (C=O) groups is 1. The number of nitrogens with zero attached hydrogens (tertiary/aromatic N) is 1. The van der Waals surface area contributed by atoms with E-state index in [1.165, 1.54) is 89.9 Å². The maximum Gasteiger partial charge on any atom is 0.306 e. The van der Waals surface area contributed by atoms with Crippen LogP contribution in [0.4, 0.5) is 0 Å². The van der Waals surface area contributed by atoms with Crippen LogP contribution in [0, 0.1) is 11.8 Å². The normalized spacial score (nSPS) is 19.6. The van der Waals surface area contributed by atoms with Gasteiger partial charge in [-0.25, -0.2) is 0 Å². The Labute approximate surface area is 279 Å². The maximum absolute atomic E-state index is 12.9. The molecule has 1 heterocycles. The molecule has 0 spiro atoms. The van der Waals surface area contributed by atoms with Gasteiger partial charge in [-0.1, -0.05) is 144 Å². The SMILES string of the molecule is CCCCCCCCCCC(O)CN(CCCC(=O)OC(CC)C1OCCC1C(C)CC)CC(O)CCCCCCCCCC. The largest absolute Gasteiger partial charge is 0.460 e. The van der Waals surface area contributed by atoms with E-state index in [1.54, 1.807) is 0 Å². The first-order valence-electron chi connectivity index (χ1n) is 19.8. The molecule has 6 unspecified atom stereocenters. The lowest BCUT2D eigenvalue weighted by Crippen LogP contribution is -2.39. The van der Waals surface area contributed by atoms with Gasteiger partial charge in [-0.05, 0) is 50.5 Å². The topological polar surface area (TPSA) is 79.2 Å². The van der Waals surface area contributed by atoms with Gasteiger partial charge >= 0.3 is 5.97 Å². The first-order chi connectivity index (χ1) is 21.9. The summed E-state index contributed by atoms with van der Waals surface area (Å²) in [5, 5.41) is 21.8. The van der Waals surface area contributed by atoms with E-state index in [1.807, 2.05) is 0 Å². The molecule has 6 nitrogen and oxygen atoms in total. The van der Waals surface area contributed by atoms with E-state index in [9.17, 15) is 15.0 Å². The van der Waals surface area contributed by atoms with Crippen LogP contribution in [0.1, 0.15) is 182 Å². The zero-order chi connectivity index (χ0) is 33.1. The predicted octanol–water partition coefficient (Wildman–Crippen LogP) is 9.63. The van der Waals surface area contributed by atoms with Crippen molar-refractivity contribution in [1.82, 2.24) is 4.90 Å². The molecular formula is C39H77NO5. The Hall–Kier alpha value is -0.690. The van der Waals surface area contributed by atoms with Crippen LogP contribution in [-0.4, -0.2) is 71.7 Å². The second kappa shape index (κ2) is 28.3. The van der Waals surface area contributed by atoms with Crippen molar-refractivity contribution in [3.8, 4) is 0 Å². The fourth-order valence-corrected chi connectivity index (χ4v) is 7.04. The number of aliphatic hydroxyl groups is 2. The summed E-state index contributed by atoms with van der Waals surface area (Å²) in [6.45, 7) is 13.6. The second-order valence-corrected chi connectivity index (χ2v) is 14.3. The monoisotopic (exact) mass is 640 g/mol. The standard InChI is InChI=1S/C39H77NO5/c1-6-10-12-14-16-18-20-22-25-34(41)31-40(32-35(42)26-23-21-19-17-15-13-11-7-2)29-24-27-38(43)45-37(9-4)39-36(28-30-44-39)33(5)8-3/h33-37,39,41-42H,6-32H2,1-5H3. The molecule has 0 aromatic carbocycles. The average Bonchev–Trinajstić information content (AvgIpc) is 3.52. The van der Waals surface area contributed by atoms with Crippen LogP contribution in [0.25, 0.3) is 0 Å². The molecule has 1 saturated heterocycles. The highest BCUT2D eigenvalue weighted by Crippen LogP contribution is 2.34. The molecule has 1 fully saturated rings. The Morgan fingerprint density at radius 1 is 0.733 bits per heavy atom. The summed E-state index contributed by atoms with van der Waals surface area (Å²) in [4.78, 5) is 15.1. The van der Waals surface area contributed by atoms with Crippen LogP contribution in [0.3, 0.4) is 0 Å². The van der Waals surface area contributed by atoms with Crippen molar-refractivity contribution in [2.45, 2.75) is 207 Å². The summed E-state index contributed by atoms with van der Waals surface area (Å²) < 4.78 is 12.1. The van der Waals surface area contributed by atoms with Gasteiger partial charge in [-0.3, -0.25) is 9.69 Å². The highest BCUT2D eigenvalue weighted by molar-refractivity contribution is 5.69. The summed E-state index contributed by atoms with van der Waals surface area (Å²) in [6.07, 6.45) is 24.7.